The van der Waals surface area contributed by atoms with Crippen LogP contribution in [0.4, 0.5) is 5.69 Å². The molecule has 1 aromatic carbocycles. The van der Waals surface area contributed by atoms with Crippen molar-refractivity contribution in [2.75, 3.05) is 18.5 Å². The first-order chi connectivity index (χ1) is 10.2. The van der Waals surface area contributed by atoms with Crippen molar-refractivity contribution < 1.29 is 0 Å². The van der Waals surface area contributed by atoms with E-state index in [9.17, 15) is 5.26 Å². The standard InChI is InChI=1S/C15H18ClN5/c16-12-5-7-13(8-6-12)19-20-14(11-17)15(18)21-9-3-1-2-4-10-21/h5-8,18-19H,1-4,9-10H2. The monoisotopic (exact) mass is 303 g/mol. The van der Waals surface area contributed by atoms with E-state index in [0.29, 0.717) is 5.02 Å². The summed E-state index contributed by atoms with van der Waals surface area (Å²) < 4.78 is 0. The molecular formula is C15H18ClN5. The molecule has 0 atom stereocenters. The van der Waals surface area contributed by atoms with Gasteiger partial charge in [0, 0.05) is 18.1 Å². The summed E-state index contributed by atoms with van der Waals surface area (Å²) in [6, 6.07) is 9.03. The van der Waals surface area contributed by atoms with Gasteiger partial charge in [-0.15, -0.1) is 0 Å². The highest BCUT2D eigenvalue weighted by molar-refractivity contribution is 6.46. The summed E-state index contributed by atoms with van der Waals surface area (Å²) in [5.74, 6) is 0.195. The lowest BCUT2D eigenvalue weighted by Gasteiger charge is -2.21. The number of rotatable bonds is 3. The van der Waals surface area contributed by atoms with Gasteiger partial charge in [0.05, 0.1) is 5.69 Å². The summed E-state index contributed by atoms with van der Waals surface area (Å²) in [5.41, 5.74) is 3.63. The average Bonchev–Trinajstić information content (AvgIpc) is 2.78. The van der Waals surface area contributed by atoms with Crippen LogP contribution in [0.1, 0.15) is 25.7 Å². The Morgan fingerprint density at radius 1 is 1.19 bits per heavy atom. The molecule has 0 aromatic heterocycles. The molecule has 0 unspecified atom stereocenters. The molecule has 0 radical (unpaired) electrons. The van der Waals surface area contributed by atoms with Gasteiger partial charge in [0.2, 0.25) is 5.71 Å². The maximum Gasteiger partial charge on any atom is 0.202 e. The van der Waals surface area contributed by atoms with Gasteiger partial charge in [-0.3, -0.25) is 10.8 Å². The van der Waals surface area contributed by atoms with Crippen molar-refractivity contribution in [2.45, 2.75) is 25.7 Å². The van der Waals surface area contributed by atoms with E-state index >= 15 is 0 Å². The first-order valence-electron chi connectivity index (χ1n) is 7.04. The largest absolute Gasteiger partial charge is 0.355 e. The quantitative estimate of drug-likeness (QED) is 0.510. The normalized spacial score (nSPS) is 16.0. The van der Waals surface area contributed by atoms with E-state index in [4.69, 9.17) is 17.0 Å². The van der Waals surface area contributed by atoms with Gasteiger partial charge in [0.15, 0.2) is 5.84 Å². The summed E-state index contributed by atoms with van der Waals surface area (Å²) in [6.45, 7) is 1.64. The van der Waals surface area contributed by atoms with Gasteiger partial charge in [-0.1, -0.05) is 24.4 Å². The van der Waals surface area contributed by atoms with Gasteiger partial charge in [0.25, 0.3) is 0 Å². The van der Waals surface area contributed by atoms with Crippen LogP contribution in [0.5, 0.6) is 0 Å². The van der Waals surface area contributed by atoms with Gasteiger partial charge < -0.3 is 4.90 Å². The number of hydrogen-bond donors (Lipinski definition) is 2. The van der Waals surface area contributed by atoms with E-state index in [-0.39, 0.29) is 11.5 Å². The molecule has 1 aromatic rings. The van der Waals surface area contributed by atoms with Crippen molar-refractivity contribution in [2.24, 2.45) is 5.10 Å². The van der Waals surface area contributed by atoms with Crippen molar-refractivity contribution in [1.29, 1.82) is 10.7 Å². The zero-order chi connectivity index (χ0) is 15.1. The second-order valence-corrected chi connectivity index (χ2v) is 5.38. The van der Waals surface area contributed by atoms with E-state index in [1.807, 2.05) is 11.0 Å². The van der Waals surface area contributed by atoms with Crippen LogP contribution < -0.4 is 5.43 Å². The molecule has 110 valence electrons. The zero-order valence-electron chi connectivity index (χ0n) is 11.8. The van der Waals surface area contributed by atoms with Crippen LogP contribution in [0.3, 0.4) is 0 Å². The highest BCUT2D eigenvalue weighted by Gasteiger charge is 2.17. The van der Waals surface area contributed by atoms with Crippen LogP contribution in [0, 0.1) is 16.7 Å². The number of nitriles is 1. The molecule has 1 fully saturated rings. The fraction of sp³-hybridized carbons (Fsp3) is 0.400. The fourth-order valence-electron chi connectivity index (χ4n) is 2.22. The van der Waals surface area contributed by atoms with Crippen LogP contribution >= 0.6 is 11.6 Å². The van der Waals surface area contributed by atoms with Crippen LogP contribution in [0.2, 0.25) is 5.02 Å². The number of nitrogens with one attached hydrogen (secondary N) is 2. The lowest BCUT2D eigenvalue weighted by Crippen LogP contribution is -2.36. The molecule has 2 N–H and O–H groups in total. The molecule has 5 nitrogen and oxygen atoms in total. The van der Waals surface area contributed by atoms with E-state index in [1.165, 1.54) is 12.8 Å². The summed E-state index contributed by atoms with van der Waals surface area (Å²) >= 11 is 5.81. The van der Waals surface area contributed by atoms with E-state index in [0.717, 1.165) is 31.6 Å². The molecule has 0 saturated carbocycles. The Hall–Kier alpha value is -2.06. The Morgan fingerprint density at radius 2 is 1.81 bits per heavy atom. The minimum atomic E-state index is 0.104. The van der Waals surface area contributed by atoms with Crippen molar-refractivity contribution in [1.82, 2.24) is 4.90 Å². The van der Waals surface area contributed by atoms with Crippen LogP contribution in [-0.2, 0) is 0 Å². The Morgan fingerprint density at radius 3 is 2.38 bits per heavy atom. The zero-order valence-corrected chi connectivity index (χ0v) is 12.5. The van der Waals surface area contributed by atoms with Crippen molar-refractivity contribution >= 4 is 28.8 Å². The number of benzene rings is 1. The van der Waals surface area contributed by atoms with Crippen molar-refractivity contribution in [3.05, 3.63) is 29.3 Å². The van der Waals surface area contributed by atoms with Gasteiger partial charge in [0.1, 0.15) is 6.07 Å². The first-order valence-corrected chi connectivity index (χ1v) is 7.42. The summed E-state index contributed by atoms with van der Waals surface area (Å²) in [5, 5.41) is 22.0. The Balaban J connectivity index is 2.03. The van der Waals surface area contributed by atoms with Crippen LogP contribution in [0.25, 0.3) is 0 Å². The molecule has 1 heterocycles. The van der Waals surface area contributed by atoms with Crippen LogP contribution in [-0.4, -0.2) is 29.5 Å². The molecule has 0 aliphatic carbocycles. The average molecular weight is 304 g/mol. The van der Waals surface area contributed by atoms with Gasteiger partial charge >= 0.3 is 0 Å². The van der Waals surface area contributed by atoms with Crippen molar-refractivity contribution in [3.8, 4) is 6.07 Å². The summed E-state index contributed by atoms with van der Waals surface area (Å²) in [7, 11) is 0. The molecule has 0 amide bonds. The first kappa shape index (κ1) is 15.3. The van der Waals surface area contributed by atoms with E-state index in [2.05, 4.69) is 10.5 Å². The van der Waals surface area contributed by atoms with Gasteiger partial charge in [-0.05, 0) is 37.1 Å². The third-order valence-electron chi connectivity index (χ3n) is 3.39. The number of hydrogen-bond acceptors (Lipinski definition) is 4. The smallest absolute Gasteiger partial charge is 0.202 e. The summed E-state index contributed by atoms with van der Waals surface area (Å²) in [4.78, 5) is 1.93. The molecule has 1 saturated heterocycles. The molecule has 0 bridgehead atoms. The lowest BCUT2D eigenvalue weighted by atomic mass is 10.2. The van der Waals surface area contributed by atoms with E-state index in [1.54, 1.807) is 24.3 Å². The van der Waals surface area contributed by atoms with Crippen LogP contribution in [0.15, 0.2) is 29.4 Å². The number of amidine groups is 1. The number of nitrogens with zero attached hydrogens (tertiary/aromatic N) is 3. The minimum Gasteiger partial charge on any atom is -0.355 e. The molecule has 1 aliphatic rings. The van der Waals surface area contributed by atoms with E-state index < -0.39 is 0 Å². The SMILES string of the molecule is N#CC(=NNc1ccc(Cl)cc1)C(=N)N1CCCCCC1. The molecular weight excluding hydrogens is 286 g/mol. The fourth-order valence-corrected chi connectivity index (χ4v) is 2.35. The van der Waals surface area contributed by atoms with Gasteiger partial charge in [-0.25, -0.2) is 0 Å². The predicted octanol–water partition coefficient (Wildman–Crippen LogP) is 3.48. The Bertz CT molecular complexity index is 550. The topological polar surface area (TPSA) is 75.3 Å². The second-order valence-electron chi connectivity index (χ2n) is 4.94. The number of anilines is 1. The third kappa shape index (κ3) is 4.47. The molecule has 0 spiro atoms. The second kappa shape index (κ2) is 7.65. The molecule has 6 heteroatoms. The lowest BCUT2D eigenvalue weighted by molar-refractivity contribution is 0.438. The number of likely N-dealkylation sites (tertiary alicyclic amines) is 1. The maximum atomic E-state index is 9.21. The number of halogens is 1. The minimum absolute atomic E-state index is 0.104. The Kier molecular flexibility index (Phi) is 5.59. The molecule has 2 rings (SSSR count). The summed E-state index contributed by atoms with van der Waals surface area (Å²) in [6.07, 6.45) is 4.50. The molecule has 1 aliphatic heterocycles. The van der Waals surface area contributed by atoms with Gasteiger partial charge in [-0.2, -0.15) is 10.4 Å². The Labute approximate surface area is 129 Å². The highest BCUT2D eigenvalue weighted by Crippen LogP contribution is 2.14. The maximum absolute atomic E-state index is 9.21. The predicted molar refractivity (Wildman–Crippen MR) is 85.9 cm³/mol. The molecule has 21 heavy (non-hydrogen) atoms. The van der Waals surface area contributed by atoms with Crippen molar-refractivity contribution in [3.63, 3.8) is 0 Å². The highest BCUT2D eigenvalue weighted by atomic mass is 35.5. The third-order valence-corrected chi connectivity index (χ3v) is 3.65. The number of hydrazone groups is 1.